The molecule has 2 nitrogen and oxygen atoms in total. The smallest absolute Gasteiger partial charge is 0.138 e. The van der Waals surface area contributed by atoms with Crippen molar-refractivity contribution in [2.45, 2.75) is 45.8 Å². The molecular weight excluding hydrogens is 265 g/mol. The molecule has 3 atom stereocenters. The molecule has 0 radical (unpaired) electrons. The molecule has 1 fully saturated rings. The third kappa shape index (κ3) is 4.56. The van der Waals surface area contributed by atoms with E-state index >= 15 is 0 Å². The maximum atomic E-state index is 13.6. The third-order valence-corrected chi connectivity index (χ3v) is 4.39. The second kappa shape index (κ2) is 7.59. The van der Waals surface area contributed by atoms with Gasteiger partial charge < -0.3 is 10.5 Å². The summed E-state index contributed by atoms with van der Waals surface area (Å²) in [6, 6.07) is 4.97. The van der Waals surface area contributed by atoms with Gasteiger partial charge in [0.1, 0.15) is 5.82 Å². The van der Waals surface area contributed by atoms with Crippen molar-refractivity contribution >= 4 is 0 Å². The van der Waals surface area contributed by atoms with E-state index in [-0.39, 0.29) is 12.4 Å². The van der Waals surface area contributed by atoms with Gasteiger partial charge in [-0.05, 0) is 48.8 Å². The van der Waals surface area contributed by atoms with Gasteiger partial charge >= 0.3 is 0 Å². The maximum Gasteiger partial charge on any atom is 0.138 e. The van der Waals surface area contributed by atoms with Gasteiger partial charge in [0, 0.05) is 0 Å². The molecule has 2 N–H and O–H groups in total. The van der Waals surface area contributed by atoms with E-state index in [1.807, 2.05) is 0 Å². The Bertz CT molecular complexity index is 532. The minimum Gasteiger partial charge on any atom is -0.374 e. The molecule has 21 heavy (non-hydrogen) atoms. The highest BCUT2D eigenvalue weighted by molar-refractivity contribution is 5.38. The first-order valence-corrected chi connectivity index (χ1v) is 7.69. The van der Waals surface area contributed by atoms with Crippen LogP contribution in [-0.4, -0.2) is 12.6 Å². The molecule has 1 aromatic rings. The van der Waals surface area contributed by atoms with Gasteiger partial charge in [0.25, 0.3) is 0 Å². The third-order valence-electron chi connectivity index (χ3n) is 4.39. The lowest BCUT2D eigenvalue weighted by atomic mass is 9.80. The van der Waals surface area contributed by atoms with E-state index < -0.39 is 0 Å². The largest absolute Gasteiger partial charge is 0.374 e. The number of halogens is 1. The predicted octanol–water partition coefficient (Wildman–Crippen LogP) is 3.48. The summed E-state index contributed by atoms with van der Waals surface area (Å²) in [5.41, 5.74) is 6.68. The number of hydrogen-bond donors (Lipinski definition) is 1. The number of rotatable bonds is 3. The first-order chi connectivity index (χ1) is 10.1. The summed E-state index contributed by atoms with van der Waals surface area (Å²) in [4.78, 5) is 0. The van der Waals surface area contributed by atoms with Gasteiger partial charge in [-0.25, -0.2) is 4.39 Å². The summed E-state index contributed by atoms with van der Waals surface area (Å²) < 4.78 is 19.6. The minimum absolute atomic E-state index is 0.234. The molecule has 1 aliphatic carbocycles. The number of hydrogen-bond acceptors (Lipinski definition) is 2. The number of ether oxygens (including phenoxy) is 1. The van der Waals surface area contributed by atoms with Crippen LogP contribution in [0.4, 0.5) is 4.39 Å². The van der Waals surface area contributed by atoms with Crippen LogP contribution >= 0.6 is 0 Å². The average Bonchev–Trinajstić information content (AvgIpc) is 2.48. The van der Waals surface area contributed by atoms with Crippen LogP contribution in [0.1, 0.15) is 44.2 Å². The highest BCUT2D eigenvalue weighted by Gasteiger charge is 2.24. The van der Waals surface area contributed by atoms with Crippen LogP contribution < -0.4 is 5.73 Å². The van der Waals surface area contributed by atoms with E-state index in [1.165, 1.54) is 12.5 Å². The van der Waals surface area contributed by atoms with E-state index in [2.05, 4.69) is 25.7 Å². The summed E-state index contributed by atoms with van der Waals surface area (Å²) in [7, 11) is 0. The van der Waals surface area contributed by atoms with Crippen molar-refractivity contribution in [3.63, 3.8) is 0 Å². The van der Waals surface area contributed by atoms with Crippen molar-refractivity contribution in [3.8, 4) is 11.8 Å². The molecule has 2 rings (SSSR count). The first kappa shape index (κ1) is 16.0. The normalized spacial score (nSPS) is 25.2. The van der Waals surface area contributed by atoms with Crippen LogP contribution in [0.2, 0.25) is 0 Å². The maximum absolute atomic E-state index is 13.6. The summed E-state index contributed by atoms with van der Waals surface area (Å²) in [5, 5.41) is 0. The standard InChI is InChI=1S/C18H24FNO/c1-13-5-7-17(10-14(13)2)21-12-15-6-8-18(19)16(11-15)4-3-9-20/h6,8,11,13-14,17H,5,7,9-10,12,20H2,1-2H3. The predicted molar refractivity (Wildman–Crippen MR) is 83.1 cm³/mol. The van der Waals surface area contributed by atoms with Crippen molar-refractivity contribution in [3.05, 3.63) is 35.1 Å². The Morgan fingerprint density at radius 3 is 2.81 bits per heavy atom. The highest BCUT2D eigenvalue weighted by atomic mass is 19.1. The van der Waals surface area contributed by atoms with Gasteiger partial charge in [-0.3, -0.25) is 0 Å². The molecule has 1 saturated carbocycles. The van der Waals surface area contributed by atoms with Gasteiger partial charge in [-0.15, -0.1) is 0 Å². The monoisotopic (exact) mass is 289 g/mol. The van der Waals surface area contributed by atoms with Gasteiger partial charge in [0.15, 0.2) is 0 Å². The SMILES string of the molecule is CC1CCC(OCc2ccc(F)c(C#CCN)c2)CC1C. The van der Waals surface area contributed by atoms with Gasteiger partial charge in [-0.1, -0.05) is 31.8 Å². The Labute approximate surface area is 126 Å². The summed E-state index contributed by atoms with van der Waals surface area (Å²) in [6.45, 7) is 5.35. The van der Waals surface area contributed by atoms with Gasteiger partial charge in [0.2, 0.25) is 0 Å². The summed E-state index contributed by atoms with van der Waals surface area (Å²) in [5.74, 6) is 6.64. The summed E-state index contributed by atoms with van der Waals surface area (Å²) in [6.07, 6.45) is 3.77. The van der Waals surface area contributed by atoms with Crippen molar-refractivity contribution in [1.29, 1.82) is 0 Å². The van der Waals surface area contributed by atoms with Crippen molar-refractivity contribution in [2.24, 2.45) is 17.6 Å². The lowest BCUT2D eigenvalue weighted by Crippen LogP contribution is -2.26. The molecule has 3 heteroatoms. The van der Waals surface area contributed by atoms with Gasteiger partial charge in [-0.2, -0.15) is 0 Å². The molecule has 0 bridgehead atoms. The molecule has 114 valence electrons. The van der Waals surface area contributed by atoms with Crippen LogP contribution in [0, 0.1) is 29.5 Å². The molecule has 0 saturated heterocycles. The van der Waals surface area contributed by atoms with Crippen molar-refractivity contribution in [1.82, 2.24) is 0 Å². The van der Waals surface area contributed by atoms with Crippen LogP contribution in [-0.2, 0) is 11.3 Å². The molecule has 0 amide bonds. The highest BCUT2D eigenvalue weighted by Crippen LogP contribution is 2.31. The van der Waals surface area contributed by atoms with E-state index in [0.29, 0.717) is 24.2 Å². The zero-order valence-corrected chi connectivity index (χ0v) is 12.9. The van der Waals surface area contributed by atoms with Crippen LogP contribution in [0.25, 0.3) is 0 Å². The summed E-state index contributed by atoms with van der Waals surface area (Å²) >= 11 is 0. The van der Waals surface area contributed by atoms with Crippen molar-refractivity contribution < 1.29 is 9.13 Å². The zero-order valence-electron chi connectivity index (χ0n) is 12.9. The molecule has 0 heterocycles. The van der Waals surface area contributed by atoms with E-state index in [0.717, 1.165) is 24.3 Å². The molecule has 0 aromatic heterocycles. The average molecular weight is 289 g/mol. The topological polar surface area (TPSA) is 35.2 Å². The molecule has 1 aromatic carbocycles. The number of benzene rings is 1. The van der Waals surface area contributed by atoms with Crippen LogP contribution in [0.15, 0.2) is 18.2 Å². The molecule has 0 aliphatic heterocycles. The lowest BCUT2D eigenvalue weighted by Gasteiger charge is -2.32. The Balaban J connectivity index is 1.94. The Hall–Kier alpha value is -1.37. The first-order valence-electron chi connectivity index (χ1n) is 7.69. The fourth-order valence-corrected chi connectivity index (χ4v) is 2.77. The second-order valence-corrected chi connectivity index (χ2v) is 6.02. The zero-order chi connectivity index (χ0) is 15.2. The quantitative estimate of drug-likeness (QED) is 0.865. The molecule has 3 unspecified atom stereocenters. The van der Waals surface area contributed by atoms with E-state index in [4.69, 9.17) is 10.5 Å². The Morgan fingerprint density at radius 2 is 2.10 bits per heavy atom. The van der Waals surface area contributed by atoms with Crippen molar-refractivity contribution in [2.75, 3.05) is 6.54 Å². The molecule has 1 aliphatic rings. The van der Waals surface area contributed by atoms with Gasteiger partial charge in [0.05, 0.1) is 24.8 Å². The second-order valence-electron chi connectivity index (χ2n) is 6.02. The van der Waals surface area contributed by atoms with E-state index in [9.17, 15) is 4.39 Å². The molecular formula is C18H24FNO. The fraction of sp³-hybridized carbons (Fsp3) is 0.556. The Morgan fingerprint density at radius 1 is 1.29 bits per heavy atom. The fourth-order valence-electron chi connectivity index (χ4n) is 2.77. The Kier molecular flexibility index (Phi) is 5.78. The number of nitrogens with two attached hydrogens (primary N) is 1. The van der Waals surface area contributed by atoms with E-state index in [1.54, 1.807) is 12.1 Å². The van der Waals surface area contributed by atoms with Crippen LogP contribution in [0.3, 0.4) is 0 Å². The molecule has 0 spiro atoms. The lowest BCUT2D eigenvalue weighted by molar-refractivity contribution is -0.00747. The minimum atomic E-state index is -0.306. The van der Waals surface area contributed by atoms with Crippen LogP contribution in [0.5, 0.6) is 0 Å².